The smallest absolute Gasteiger partial charge is 0.248 e. The van der Waals surface area contributed by atoms with Crippen molar-refractivity contribution in [1.29, 1.82) is 0 Å². The second kappa shape index (κ2) is 12.3. The minimum atomic E-state index is -0.663. The van der Waals surface area contributed by atoms with Crippen molar-refractivity contribution in [2.45, 2.75) is 64.6 Å². The molecule has 1 spiro atoms. The van der Waals surface area contributed by atoms with Crippen molar-refractivity contribution >= 4 is 50.2 Å². The third-order valence-electron chi connectivity index (χ3n) is 9.53. The maximum Gasteiger partial charge on any atom is 0.248 e. The number of fused-ring (bicyclic) bond motifs is 3. The van der Waals surface area contributed by atoms with Crippen LogP contribution in [0.15, 0.2) is 53.5 Å². The molecule has 0 unspecified atom stereocenters. The summed E-state index contributed by atoms with van der Waals surface area (Å²) in [5, 5.41) is 8.24. The highest BCUT2D eigenvalue weighted by Crippen LogP contribution is 2.60. The van der Waals surface area contributed by atoms with Crippen molar-refractivity contribution in [1.82, 2.24) is 39.5 Å². The number of nitrogens with zero attached hydrogens (tertiary/aromatic N) is 8. The third-order valence-corrected chi connectivity index (χ3v) is 9.97. The first-order valence-corrected chi connectivity index (χ1v) is 16.7. The molecule has 2 amide bonds. The summed E-state index contributed by atoms with van der Waals surface area (Å²) in [6.45, 7) is 4.88. The normalized spacial score (nSPS) is 23.7. The number of hydrogen-bond acceptors (Lipinski definition) is 9. The Morgan fingerprint density at radius 3 is 2.70 bits per heavy atom. The van der Waals surface area contributed by atoms with Gasteiger partial charge in [0.1, 0.15) is 34.5 Å². The Bertz CT molecular complexity index is 1920. The number of allylic oxidation sites excluding steroid dienone is 2. The molecule has 2 aliphatic heterocycles. The van der Waals surface area contributed by atoms with Crippen molar-refractivity contribution in [3.8, 4) is 11.3 Å². The fourth-order valence-corrected chi connectivity index (χ4v) is 7.46. The number of pyridine rings is 2. The molecule has 47 heavy (non-hydrogen) atoms. The lowest BCUT2D eigenvalue weighted by Crippen LogP contribution is -2.47. The van der Waals surface area contributed by atoms with Crippen LogP contribution in [0.4, 0.5) is 5.82 Å². The number of amides is 2. The summed E-state index contributed by atoms with van der Waals surface area (Å²) in [6, 6.07) is 4.89. The molecule has 4 aromatic heterocycles. The Morgan fingerprint density at radius 2 is 1.91 bits per heavy atom. The topological polar surface area (TPSA) is 139 Å². The van der Waals surface area contributed by atoms with Gasteiger partial charge in [-0.2, -0.15) is 5.10 Å². The summed E-state index contributed by atoms with van der Waals surface area (Å²) in [5.41, 5.74) is 2.88. The van der Waals surface area contributed by atoms with Gasteiger partial charge in [0.05, 0.1) is 17.4 Å². The van der Waals surface area contributed by atoms with Crippen molar-refractivity contribution in [2.75, 3.05) is 25.5 Å². The van der Waals surface area contributed by atoms with Crippen LogP contribution < -0.4 is 5.32 Å². The molecule has 6 heterocycles. The van der Waals surface area contributed by atoms with E-state index in [1.807, 2.05) is 12.1 Å². The van der Waals surface area contributed by atoms with Crippen molar-refractivity contribution < 1.29 is 14.4 Å². The number of carbonyl (C=O) groups is 3. The molecule has 3 aliphatic rings. The van der Waals surface area contributed by atoms with E-state index in [0.29, 0.717) is 51.2 Å². The molecular formula is C34H36BrN9O3. The Kier molecular flexibility index (Phi) is 8.21. The van der Waals surface area contributed by atoms with Crippen molar-refractivity contribution in [3.05, 3.63) is 70.6 Å². The second-order valence-electron chi connectivity index (χ2n) is 13.0. The fourth-order valence-electron chi connectivity index (χ4n) is 7.15. The van der Waals surface area contributed by atoms with E-state index >= 15 is 0 Å². The lowest BCUT2D eigenvalue weighted by atomic mass is 9.98. The van der Waals surface area contributed by atoms with Gasteiger partial charge in [0.25, 0.3) is 0 Å². The minimum absolute atomic E-state index is 0.0590. The number of carbonyl (C=O) groups excluding carboxylic acids is 3. The lowest BCUT2D eigenvalue weighted by Gasteiger charge is -2.27. The molecule has 2 bridgehead atoms. The van der Waals surface area contributed by atoms with Gasteiger partial charge >= 0.3 is 0 Å². The molecule has 7 rings (SSSR count). The van der Waals surface area contributed by atoms with Gasteiger partial charge in [-0.15, -0.1) is 0 Å². The highest BCUT2D eigenvalue weighted by molar-refractivity contribution is 9.10. The van der Waals surface area contributed by atoms with E-state index in [0.717, 1.165) is 37.9 Å². The Hall–Kier alpha value is -4.36. The zero-order valence-corrected chi connectivity index (χ0v) is 28.2. The summed E-state index contributed by atoms with van der Waals surface area (Å²) >= 11 is 3.44. The van der Waals surface area contributed by atoms with Crippen LogP contribution in [-0.2, 0) is 22.6 Å². The van der Waals surface area contributed by atoms with Crippen LogP contribution in [0, 0.1) is 12.3 Å². The second-order valence-corrected chi connectivity index (χ2v) is 13.8. The highest BCUT2D eigenvalue weighted by Gasteiger charge is 2.67. The quantitative estimate of drug-likeness (QED) is 0.187. The van der Waals surface area contributed by atoms with E-state index < -0.39 is 6.04 Å². The number of aromatic nitrogens is 6. The van der Waals surface area contributed by atoms with Gasteiger partial charge in [-0.1, -0.05) is 18.2 Å². The van der Waals surface area contributed by atoms with Crippen molar-refractivity contribution in [2.24, 2.45) is 5.41 Å². The summed E-state index contributed by atoms with van der Waals surface area (Å²) < 4.78 is 2.16. The molecule has 1 saturated heterocycles. The number of ketones is 1. The zero-order valence-electron chi connectivity index (χ0n) is 26.6. The Morgan fingerprint density at radius 1 is 1.11 bits per heavy atom. The number of Topliss-reactive ketones (excluding diaryl/α,β-unsaturated/α-hetero) is 1. The fraction of sp³-hybridized carbons (Fsp3) is 0.412. The van der Waals surface area contributed by atoms with E-state index in [2.05, 4.69) is 70.4 Å². The molecule has 2 fully saturated rings. The Balaban J connectivity index is 1.21. The van der Waals surface area contributed by atoms with Crippen LogP contribution >= 0.6 is 15.9 Å². The maximum atomic E-state index is 14.3. The number of rotatable bonds is 4. The van der Waals surface area contributed by atoms with E-state index in [1.165, 1.54) is 11.6 Å². The van der Waals surface area contributed by atoms with Gasteiger partial charge in [-0.05, 0) is 86.2 Å². The van der Waals surface area contributed by atoms with Gasteiger partial charge in [-0.25, -0.2) is 15.0 Å². The van der Waals surface area contributed by atoms with Crippen LogP contribution in [-0.4, -0.2) is 89.3 Å². The maximum absolute atomic E-state index is 14.3. The van der Waals surface area contributed by atoms with Gasteiger partial charge in [0, 0.05) is 48.3 Å². The molecule has 3 atom stereocenters. The molecule has 4 aromatic rings. The number of halogens is 1. The van der Waals surface area contributed by atoms with E-state index in [9.17, 15) is 14.4 Å². The van der Waals surface area contributed by atoms with Crippen LogP contribution in [0.25, 0.3) is 22.2 Å². The number of aryl methyl sites for hydroxylation is 1. The van der Waals surface area contributed by atoms with Crippen LogP contribution in [0.2, 0.25) is 0 Å². The number of nitrogens with one attached hydrogen (secondary N) is 1. The van der Waals surface area contributed by atoms with E-state index in [1.54, 1.807) is 36.5 Å². The molecule has 0 radical (unpaired) electrons. The SMILES string of the molecule is CC(=O)c1nn(CC(=O)N2[C@H]3C[C@]4(C[C@@H]24)CN(C)CCC/C=C/Cc2ccc(Br)nc2NC3=O)c2cnc(-c3cnc(C)nc3)cc12. The predicted octanol–water partition coefficient (Wildman–Crippen LogP) is 4.38. The third kappa shape index (κ3) is 6.09. The molecule has 1 saturated carbocycles. The Labute approximate surface area is 280 Å². The first-order chi connectivity index (χ1) is 22.6. The lowest BCUT2D eigenvalue weighted by molar-refractivity contribution is -0.138. The van der Waals surface area contributed by atoms with Gasteiger partial charge in [0.2, 0.25) is 11.8 Å². The van der Waals surface area contributed by atoms with Crippen molar-refractivity contribution in [3.63, 3.8) is 0 Å². The molecule has 1 N–H and O–H groups in total. The van der Waals surface area contributed by atoms with E-state index in [4.69, 9.17) is 0 Å². The molecular weight excluding hydrogens is 662 g/mol. The average molecular weight is 699 g/mol. The van der Waals surface area contributed by atoms with Gasteiger partial charge < -0.3 is 15.1 Å². The predicted molar refractivity (Wildman–Crippen MR) is 180 cm³/mol. The molecule has 242 valence electrons. The van der Waals surface area contributed by atoms with Gasteiger partial charge in [-0.3, -0.25) is 24.0 Å². The molecule has 1 aliphatic carbocycles. The van der Waals surface area contributed by atoms with Crippen LogP contribution in [0.3, 0.4) is 0 Å². The van der Waals surface area contributed by atoms with Crippen LogP contribution in [0.1, 0.15) is 54.5 Å². The summed E-state index contributed by atoms with van der Waals surface area (Å²) in [6.07, 6.45) is 13.4. The minimum Gasteiger partial charge on any atom is -0.325 e. The monoisotopic (exact) mass is 697 g/mol. The van der Waals surface area contributed by atoms with Gasteiger partial charge in [0.15, 0.2) is 5.78 Å². The first-order valence-electron chi connectivity index (χ1n) is 15.9. The number of anilines is 1. The number of hydrogen-bond donors (Lipinski definition) is 1. The summed E-state index contributed by atoms with van der Waals surface area (Å²) in [4.78, 5) is 62.8. The zero-order chi connectivity index (χ0) is 32.9. The average Bonchev–Trinajstić information content (AvgIpc) is 3.44. The van der Waals surface area contributed by atoms with E-state index in [-0.39, 0.29) is 41.3 Å². The highest BCUT2D eigenvalue weighted by atomic mass is 79.9. The standard InChI is InChI=1S/C34H36BrN9O3/c1-20(45)31-24-12-25(23-15-36-21(2)37-16-23)38-17-27(24)43(41-31)18-30(46)44-26-13-34(14-28(34)44)19-42(3)11-7-5-4-6-8-22-9-10-29(35)39-32(22)40-33(26)47/h4,6,9-10,12,15-17,26,28H,5,7-8,11,13-14,18-19H2,1-3H3,(H,39,40,47)/b6-4+/t26-,28+,34-/m0/s1. The molecule has 13 heteroatoms. The molecule has 0 aromatic carbocycles. The largest absolute Gasteiger partial charge is 0.325 e. The first kappa shape index (κ1) is 31.3. The number of likely N-dealkylation sites (tertiary alicyclic amines) is 1. The summed E-state index contributed by atoms with van der Waals surface area (Å²) in [5.74, 6) is 0.443. The van der Waals surface area contributed by atoms with Crippen LogP contribution in [0.5, 0.6) is 0 Å². The molecule has 12 nitrogen and oxygen atoms in total. The summed E-state index contributed by atoms with van der Waals surface area (Å²) in [7, 11) is 2.12. The number of piperidine rings is 1.